The molecule has 1 aliphatic heterocycles. The summed E-state index contributed by atoms with van der Waals surface area (Å²) in [6.45, 7) is 1.31. The van der Waals surface area contributed by atoms with Gasteiger partial charge in [0.05, 0.1) is 0 Å². The second-order valence-corrected chi connectivity index (χ2v) is 6.88. The van der Waals surface area contributed by atoms with Crippen molar-refractivity contribution >= 4 is 23.3 Å². The third-order valence-electron chi connectivity index (χ3n) is 4.84. The largest absolute Gasteiger partial charge is 0.343 e. The van der Waals surface area contributed by atoms with Crippen molar-refractivity contribution in [2.24, 2.45) is 5.92 Å². The van der Waals surface area contributed by atoms with Gasteiger partial charge in [-0.3, -0.25) is 9.59 Å². The van der Waals surface area contributed by atoms with Crippen molar-refractivity contribution in [1.82, 2.24) is 4.90 Å². The number of carbonyl (C=O) groups is 2. The molecule has 1 fully saturated rings. The lowest BCUT2D eigenvalue weighted by Gasteiger charge is -2.31. The van der Waals surface area contributed by atoms with E-state index in [9.17, 15) is 9.59 Å². The molecule has 0 spiro atoms. The van der Waals surface area contributed by atoms with E-state index in [1.54, 1.807) is 0 Å². The second kappa shape index (κ2) is 8.30. The van der Waals surface area contributed by atoms with Crippen molar-refractivity contribution < 1.29 is 9.59 Å². The number of aryl methyl sites for hydroxylation is 1. The van der Waals surface area contributed by atoms with Crippen LogP contribution in [0, 0.1) is 5.92 Å². The van der Waals surface area contributed by atoms with Gasteiger partial charge < -0.3 is 4.90 Å². The molecule has 1 amide bonds. The van der Waals surface area contributed by atoms with E-state index in [-0.39, 0.29) is 17.6 Å². The van der Waals surface area contributed by atoms with E-state index >= 15 is 0 Å². The molecule has 0 atom stereocenters. The van der Waals surface area contributed by atoms with Crippen molar-refractivity contribution in [2.45, 2.75) is 25.7 Å². The molecule has 25 heavy (non-hydrogen) atoms. The number of amides is 1. The summed E-state index contributed by atoms with van der Waals surface area (Å²) in [5.41, 5.74) is 1.78. The fourth-order valence-electron chi connectivity index (χ4n) is 3.33. The molecule has 0 saturated carbocycles. The maximum Gasteiger partial charge on any atom is 0.222 e. The molecular formula is C21H22ClNO2. The van der Waals surface area contributed by atoms with Gasteiger partial charge in [-0.1, -0.05) is 60.1 Å². The van der Waals surface area contributed by atoms with E-state index < -0.39 is 0 Å². The molecule has 1 saturated heterocycles. The number of rotatable bonds is 5. The summed E-state index contributed by atoms with van der Waals surface area (Å²) in [4.78, 5) is 26.8. The number of hydrogen-bond donors (Lipinski definition) is 0. The third kappa shape index (κ3) is 4.49. The normalized spacial score (nSPS) is 15.2. The second-order valence-electron chi connectivity index (χ2n) is 6.48. The minimum Gasteiger partial charge on any atom is -0.343 e. The Morgan fingerprint density at radius 3 is 2.28 bits per heavy atom. The molecule has 2 aromatic carbocycles. The summed E-state index contributed by atoms with van der Waals surface area (Å²) in [6, 6.07) is 17.1. The Labute approximate surface area is 153 Å². The van der Waals surface area contributed by atoms with Gasteiger partial charge in [-0.2, -0.15) is 0 Å². The first-order valence-corrected chi connectivity index (χ1v) is 9.13. The van der Waals surface area contributed by atoms with Gasteiger partial charge in [-0.25, -0.2) is 0 Å². The van der Waals surface area contributed by atoms with Gasteiger partial charge >= 0.3 is 0 Å². The van der Waals surface area contributed by atoms with Crippen molar-refractivity contribution in [3.8, 4) is 0 Å². The van der Waals surface area contributed by atoms with E-state index in [1.807, 2.05) is 59.5 Å². The molecule has 0 N–H and O–H groups in total. The predicted octanol–water partition coefficient (Wildman–Crippen LogP) is 4.39. The lowest BCUT2D eigenvalue weighted by molar-refractivity contribution is -0.132. The highest BCUT2D eigenvalue weighted by Gasteiger charge is 2.27. The Morgan fingerprint density at radius 1 is 0.960 bits per heavy atom. The van der Waals surface area contributed by atoms with Crippen LogP contribution in [0.5, 0.6) is 0 Å². The fourth-order valence-corrected chi connectivity index (χ4v) is 3.56. The Balaban J connectivity index is 1.49. The van der Waals surface area contributed by atoms with Gasteiger partial charge in [0.2, 0.25) is 5.91 Å². The monoisotopic (exact) mass is 355 g/mol. The molecule has 0 bridgehead atoms. The van der Waals surface area contributed by atoms with Crippen molar-refractivity contribution in [1.29, 1.82) is 0 Å². The number of Topliss-reactive ketones (excluding diaryl/α,β-unsaturated/α-hetero) is 1. The number of nitrogens with zero attached hydrogens (tertiary/aromatic N) is 1. The summed E-state index contributed by atoms with van der Waals surface area (Å²) in [5.74, 6) is 0.365. The molecule has 3 rings (SSSR count). The number of ketones is 1. The van der Waals surface area contributed by atoms with Gasteiger partial charge in [-0.05, 0) is 30.9 Å². The predicted molar refractivity (Wildman–Crippen MR) is 99.8 cm³/mol. The minimum atomic E-state index is 0.0232. The van der Waals surface area contributed by atoms with Crippen molar-refractivity contribution in [3.63, 3.8) is 0 Å². The fraction of sp³-hybridized carbons (Fsp3) is 0.333. The highest BCUT2D eigenvalue weighted by Crippen LogP contribution is 2.23. The lowest BCUT2D eigenvalue weighted by Crippen LogP contribution is -2.40. The first kappa shape index (κ1) is 17.7. The highest BCUT2D eigenvalue weighted by atomic mass is 35.5. The molecule has 1 heterocycles. The van der Waals surface area contributed by atoms with Crippen LogP contribution >= 0.6 is 11.6 Å². The van der Waals surface area contributed by atoms with Crippen LogP contribution in [0.1, 0.15) is 35.2 Å². The molecule has 1 aliphatic rings. The zero-order valence-electron chi connectivity index (χ0n) is 14.2. The Hall–Kier alpha value is -2.13. The number of hydrogen-bond acceptors (Lipinski definition) is 2. The highest BCUT2D eigenvalue weighted by molar-refractivity contribution is 6.31. The zero-order valence-corrected chi connectivity index (χ0v) is 14.9. The Kier molecular flexibility index (Phi) is 5.87. The molecule has 130 valence electrons. The van der Waals surface area contributed by atoms with Gasteiger partial charge in [0.15, 0.2) is 5.78 Å². The van der Waals surface area contributed by atoms with Crippen LogP contribution in [0.15, 0.2) is 54.6 Å². The van der Waals surface area contributed by atoms with Crippen LogP contribution in [-0.2, 0) is 11.2 Å². The van der Waals surface area contributed by atoms with Crippen molar-refractivity contribution in [2.75, 3.05) is 13.1 Å². The van der Waals surface area contributed by atoms with Gasteiger partial charge in [0.25, 0.3) is 0 Å². The summed E-state index contributed by atoms with van der Waals surface area (Å²) < 4.78 is 0. The van der Waals surface area contributed by atoms with Crippen LogP contribution in [0.25, 0.3) is 0 Å². The average molecular weight is 356 g/mol. The summed E-state index contributed by atoms with van der Waals surface area (Å²) in [5, 5.41) is 0.711. The van der Waals surface area contributed by atoms with E-state index in [0.717, 1.165) is 24.0 Å². The SMILES string of the molecule is O=C(c1ccccc1)C1CCN(C(=O)CCc2ccccc2Cl)CC1. The van der Waals surface area contributed by atoms with Crippen LogP contribution in [0.4, 0.5) is 0 Å². The number of halogens is 1. The minimum absolute atomic E-state index is 0.0232. The molecule has 2 aromatic rings. The molecule has 0 aromatic heterocycles. The van der Waals surface area contributed by atoms with E-state index in [1.165, 1.54) is 0 Å². The van der Waals surface area contributed by atoms with Gasteiger partial charge in [-0.15, -0.1) is 0 Å². The lowest BCUT2D eigenvalue weighted by atomic mass is 9.89. The molecule has 0 unspecified atom stereocenters. The van der Waals surface area contributed by atoms with E-state index in [2.05, 4.69) is 0 Å². The molecule has 0 radical (unpaired) electrons. The number of likely N-dealkylation sites (tertiary alicyclic amines) is 1. The number of piperidine rings is 1. The van der Waals surface area contributed by atoms with Crippen molar-refractivity contribution in [3.05, 3.63) is 70.7 Å². The molecule has 4 heteroatoms. The Bertz CT molecular complexity index is 737. The zero-order chi connectivity index (χ0) is 17.6. The first-order valence-electron chi connectivity index (χ1n) is 8.75. The van der Waals surface area contributed by atoms with E-state index in [4.69, 9.17) is 11.6 Å². The van der Waals surface area contributed by atoms with E-state index in [0.29, 0.717) is 31.0 Å². The summed E-state index contributed by atoms with van der Waals surface area (Å²) >= 11 is 6.14. The average Bonchev–Trinajstić information content (AvgIpc) is 2.67. The topological polar surface area (TPSA) is 37.4 Å². The molecular weight excluding hydrogens is 334 g/mol. The molecule has 3 nitrogen and oxygen atoms in total. The van der Waals surface area contributed by atoms with Crippen LogP contribution in [-0.4, -0.2) is 29.7 Å². The summed E-state index contributed by atoms with van der Waals surface area (Å²) in [7, 11) is 0. The number of carbonyl (C=O) groups excluding carboxylic acids is 2. The smallest absolute Gasteiger partial charge is 0.222 e. The maximum atomic E-state index is 12.5. The van der Waals surface area contributed by atoms with Crippen LogP contribution in [0.3, 0.4) is 0 Å². The first-order chi connectivity index (χ1) is 12.1. The summed E-state index contributed by atoms with van der Waals surface area (Å²) in [6.07, 6.45) is 2.60. The van der Waals surface area contributed by atoms with Crippen LogP contribution in [0.2, 0.25) is 5.02 Å². The maximum absolute atomic E-state index is 12.5. The Morgan fingerprint density at radius 2 is 1.60 bits per heavy atom. The standard InChI is InChI=1S/C21H22ClNO2/c22-19-9-5-4-6-16(19)10-11-20(24)23-14-12-18(13-15-23)21(25)17-7-2-1-3-8-17/h1-9,18H,10-15H2. The van der Waals surface area contributed by atoms with Gasteiger partial charge in [0.1, 0.15) is 0 Å². The molecule has 0 aliphatic carbocycles. The quantitative estimate of drug-likeness (QED) is 0.746. The number of benzene rings is 2. The third-order valence-corrected chi connectivity index (χ3v) is 5.21. The van der Waals surface area contributed by atoms with Crippen LogP contribution < -0.4 is 0 Å². The van der Waals surface area contributed by atoms with Gasteiger partial charge in [0, 0.05) is 36.0 Å².